The number of nitrogens with one attached hydrogen (secondary N) is 3. The quantitative estimate of drug-likeness (QED) is 0.328. The lowest BCUT2D eigenvalue weighted by molar-refractivity contribution is -0.122. The minimum atomic E-state index is 0.0808. The number of pyridine rings is 2. The van der Waals surface area contributed by atoms with Crippen LogP contribution in [-0.4, -0.2) is 74.2 Å². The summed E-state index contributed by atoms with van der Waals surface area (Å²) in [5.41, 5.74) is 7.02. The number of H-pyrrole nitrogens is 2. The van der Waals surface area contributed by atoms with Crippen molar-refractivity contribution in [2.75, 3.05) is 43.4 Å². The van der Waals surface area contributed by atoms with E-state index in [-0.39, 0.29) is 11.8 Å². The van der Waals surface area contributed by atoms with E-state index in [9.17, 15) is 4.79 Å². The highest BCUT2D eigenvalue weighted by molar-refractivity contribution is 5.97. The summed E-state index contributed by atoms with van der Waals surface area (Å²) in [6, 6.07) is 10.2. The summed E-state index contributed by atoms with van der Waals surface area (Å²) < 4.78 is 0. The minimum Gasteiger partial charge on any atom is -0.367 e. The van der Waals surface area contributed by atoms with Gasteiger partial charge < -0.3 is 20.1 Å². The average molecular weight is 508 g/mol. The van der Waals surface area contributed by atoms with Crippen molar-refractivity contribution in [2.24, 2.45) is 5.92 Å². The van der Waals surface area contributed by atoms with Gasteiger partial charge in [-0.25, -0.2) is 9.97 Å². The number of carbonyl (C=O) groups excluding carboxylic acids is 1. The number of likely N-dealkylation sites (N-methyl/N-ethyl adjacent to an activating group) is 1. The maximum atomic E-state index is 12.4. The highest BCUT2D eigenvalue weighted by Gasteiger charge is 2.25. The number of nitrogens with zero attached hydrogens (tertiary/aromatic N) is 6. The third-order valence-electron chi connectivity index (χ3n) is 7.82. The summed E-state index contributed by atoms with van der Waals surface area (Å²) in [4.78, 5) is 34.4. The van der Waals surface area contributed by atoms with Crippen LogP contribution in [0.3, 0.4) is 0 Å². The number of aromatic nitrogens is 6. The van der Waals surface area contributed by atoms with E-state index in [0.717, 1.165) is 84.4 Å². The topological polar surface area (TPSA) is 119 Å². The van der Waals surface area contributed by atoms with Crippen LogP contribution in [0, 0.1) is 5.92 Å². The van der Waals surface area contributed by atoms with E-state index >= 15 is 0 Å². The zero-order valence-electron chi connectivity index (χ0n) is 21.2. The third kappa shape index (κ3) is 4.06. The summed E-state index contributed by atoms with van der Waals surface area (Å²) in [6.45, 7) is 3.98. The van der Waals surface area contributed by atoms with E-state index in [1.54, 1.807) is 6.20 Å². The molecule has 0 bridgehead atoms. The number of hydrogen-bond donors (Lipinski definition) is 3. The van der Waals surface area contributed by atoms with Crippen molar-refractivity contribution >= 4 is 39.3 Å². The van der Waals surface area contributed by atoms with Gasteiger partial charge in [-0.15, -0.1) is 0 Å². The van der Waals surface area contributed by atoms with Gasteiger partial charge in [-0.05, 0) is 49.7 Å². The normalized spacial score (nSPS) is 16.7. The van der Waals surface area contributed by atoms with E-state index < -0.39 is 0 Å². The SMILES string of the molecule is CN1CCN(c2ccnc3nc(-c4n[nH]c5ccc(-c6cncc(NC(=O)C7CCC7)c6)cc45)[nH]c23)CC1. The zero-order chi connectivity index (χ0) is 25.6. The molecule has 4 aromatic heterocycles. The van der Waals surface area contributed by atoms with E-state index in [1.165, 1.54) is 0 Å². The molecule has 1 saturated carbocycles. The first-order valence-electron chi connectivity index (χ1n) is 13.2. The van der Waals surface area contributed by atoms with Gasteiger partial charge in [0.2, 0.25) is 5.91 Å². The van der Waals surface area contributed by atoms with Gasteiger partial charge in [-0.2, -0.15) is 5.10 Å². The predicted octanol–water partition coefficient (Wildman–Crippen LogP) is 4.05. The fourth-order valence-electron chi connectivity index (χ4n) is 5.28. The van der Waals surface area contributed by atoms with Crippen molar-refractivity contribution in [2.45, 2.75) is 19.3 Å². The zero-order valence-corrected chi connectivity index (χ0v) is 21.2. The number of benzene rings is 1. The molecule has 0 unspecified atom stereocenters. The Morgan fingerprint density at radius 3 is 2.74 bits per heavy atom. The Labute approximate surface area is 219 Å². The molecule has 7 rings (SSSR count). The fraction of sp³-hybridized carbons (Fsp3) is 0.321. The Hall–Kier alpha value is -4.31. The van der Waals surface area contributed by atoms with Crippen LogP contribution in [-0.2, 0) is 4.79 Å². The second-order valence-corrected chi connectivity index (χ2v) is 10.3. The molecule has 10 heteroatoms. The standard InChI is InChI=1S/C28H29N9O/c1-36-9-11-37(12-10-36)23-7-8-30-26-25(23)32-27(33-26)24-21-14-18(5-6-22(21)34-35-24)19-13-20(16-29-15-19)31-28(38)17-3-2-4-17/h5-8,13-17H,2-4,9-12H2,1H3,(H,31,38)(H,34,35)(H,30,32,33). The molecule has 2 aliphatic rings. The number of piperazine rings is 1. The van der Waals surface area contributed by atoms with E-state index in [4.69, 9.17) is 4.98 Å². The number of anilines is 2. The molecule has 1 aromatic carbocycles. The van der Waals surface area contributed by atoms with Crippen molar-refractivity contribution in [3.63, 3.8) is 0 Å². The number of rotatable bonds is 5. The lowest BCUT2D eigenvalue weighted by atomic mass is 9.85. The highest BCUT2D eigenvalue weighted by atomic mass is 16.1. The first-order chi connectivity index (χ1) is 18.6. The number of hydrogen-bond acceptors (Lipinski definition) is 7. The Bertz CT molecular complexity index is 1640. The number of amides is 1. The molecule has 0 atom stereocenters. The molecule has 1 aliphatic heterocycles. The second kappa shape index (κ2) is 9.21. The summed E-state index contributed by atoms with van der Waals surface area (Å²) in [5.74, 6) is 0.882. The van der Waals surface area contributed by atoms with Crippen molar-refractivity contribution < 1.29 is 4.79 Å². The van der Waals surface area contributed by atoms with Crippen LogP contribution in [0.2, 0.25) is 0 Å². The molecule has 5 aromatic rings. The number of fused-ring (bicyclic) bond motifs is 2. The van der Waals surface area contributed by atoms with Crippen LogP contribution in [0.25, 0.3) is 44.7 Å². The van der Waals surface area contributed by atoms with Crippen molar-refractivity contribution in [3.05, 3.63) is 48.9 Å². The van der Waals surface area contributed by atoms with Gasteiger partial charge in [0.05, 0.1) is 23.1 Å². The van der Waals surface area contributed by atoms with Crippen molar-refractivity contribution in [1.29, 1.82) is 0 Å². The molecule has 192 valence electrons. The van der Waals surface area contributed by atoms with E-state index in [0.29, 0.717) is 17.2 Å². The molecular weight excluding hydrogens is 478 g/mol. The molecule has 2 fully saturated rings. The maximum Gasteiger partial charge on any atom is 0.227 e. The monoisotopic (exact) mass is 507 g/mol. The van der Waals surface area contributed by atoms with E-state index in [2.05, 4.69) is 59.4 Å². The fourth-order valence-corrected chi connectivity index (χ4v) is 5.28. The lowest BCUT2D eigenvalue weighted by Gasteiger charge is -2.34. The average Bonchev–Trinajstić information content (AvgIpc) is 3.52. The molecule has 38 heavy (non-hydrogen) atoms. The Balaban J connectivity index is 1.22. The second-order valence-electron chi connectivity index (χ2n) is 10.3. The van der Waals surface area contributed by atoms with Gasteiger partial charge in [0.15, 0.2) is 11.5 Å². The van der Waals surface area contributed by atoms with Crippen LogP contribution < -0.4 is 10.2 Å². The highest BCUT2D eigenvalue weighted by Crippen LogP contribution is 2.33. The summed E-state index contributed by atoms with van der Waals surface area (Å²) >= 11 is 0. The van der Waals surface area contributed by atoms with Gasteiger partial charge in [-0.1, -0.05) is 12.5 Å². The number of carbonyl (C=O) groups is 1. The maximum absolute atomic E-state index is 12.4. The molecule has 10 nitrogen and oxygen atoms in total. The third-order valence-corrected chi connectivity index (χ3v) is 7.82. The summed E-state index contributed by atoms with van der Waals surface area (Å²) in [6.07, 6.45) is 8.39. The number of imidazole rings is 1. The molecule has 0 radical (unpaired) electrons. The summed E-state index contributed by atoms with van der Waals surface area (Å²) in [5, 5.41) is 11.7. The Kier molecular flexibility index (Phi) is 5.54. The Morgan fingerprint density at radius 2 is 1.92 bits per heavy atom. The summed E-state index contributed by atoms with van der Waals surface area (Å²) in [7, 11) is 2.16. The molecular formula is C28H29N9O. The molecule has 1 saturated heterocycles. The molecule has 1 aliphatic carbocycles. The van der Waals surface area contributed by atoms with Crippen LogP contribution in [0.1, 0.15) is 19.3 Å². The van der Waals surface area contributed by atoms with E-state index in [1.807, 2.05) is 30.6 Å². The molecule has 0 spiro atoms. The predicted molar refractivity (Wildman–Crippen MR) is 148 cm³/mol. The van der Waals surface area contributed by atoms with Gasteiger partial charge in [-0.3, -0.25) is 14.9 Å². The van der Waals surface area contributed by atoms with Gasteiger partial charge in [0, 0.05) is 55.4 Å². The van der Waals surface area contributed by atoms with Gasteiger partial charge >= 0.3 is 0 Å². The van der Waals surface area contributed by atoms with Crippen LogP contribution in [0.5, 0.6) is 0 Å². The van der Waals surface area contributed by atoms with Crippen LogP contribution >= 0.6 is 0 Å². The molecule has 1 amide bonds. The molecule has 3 N–H and O–H groups in total. The first kappa shape index (κ1) is 22.9. The van der Waals surface area contributed by atoms with Crippen molar-refractivity contribution in [1.82, 2.24) is 35.0 Å². The Morgan fingerprint density at radius 1 is 1.05 bits per heavy atom. The smallest absolute Gasteiger partial charge is 0.227 e. The van der Waals surface area contributed by atoms with Gasteiger partial charge in [0.25, 0.3) is 0 Å². The first-order valence-corrected chi connectivity index (χ1v) is 13.2. The van der Waals surface area contributed by atoms with Crippen molar-refractivity contribution in [3.8, 4) is 22.6 Å². The lowest BCUT2D eigenvalue weighted by Crippen LogP contribution is -2.44. The number of aromatic amines is 2. The van der Waals surface area contributed by atoms with Crippen LogP contribution in [0.15, 0.2) is 48.9 Å². The van der Waals surface area contributed by atoms with Crippen LogP contribution in [0.4, 0.5) is 11.4 Å². The minimum absolute atomic E-state index is 0.0808. The molecule has 5 heterocycles. The largest absolute Gasteiger partial charge is 0.367 e. The van der Waals surface area contributed by atoms with Gasteiger partial charge in [0.1, 0.15) is 11.2 Å².